The van der Waals surface area contributed by atoms with Gasteiger partial charge in [0.15, 0.2) is 5.82 Å². The van der Waals surface area contributed by atoms with E-state index in [2.05, 4.69) is 10.4 Å². The van der Waals surface area contributed by atoms with Crippen LogP contribution in [0, 0.1) is 0 Å². The first-order chi connectivity index (χ1) is 10.7. The third kappa shape index (κ3) is 3.54. The van der Waals surface area contributed by atoms with Gasteiger partial charge in [-0.1, -0.05) is 41.9 Å². The lowest BCUT2D eigenvalue weighted by molar-refractivity contribution is -0.115. The van der Waals surface area contributed by atoms with Gasteiger partial charge in [0.1, 0.15) is 0 Å². The predicted octanol–water partition coefficient (Wildman–Crippen LogP) is 3.71. The number of rotatable bonds is 4. The molecule has 1 aromatic heterocycles. The Morgan fingerprint density at radius 1 is 1.09 bits per heavy atom. The highest BCUT2D eigenvalue weighted by molar-refractivity contribution is 6.30. The van der Waals surface area contributed by atoms with E-state index in [1.165, 1.54) is 0 Å². The molecule has 0 aliphatic carbocycles. The van der Waals surface area contributed by atoms with Gasteiger partial charge in [-0.3, -0.25) is 4.79 Å². The maximum atomic E-state index is 12.0. The van der Waals surface area contributed by atoms with Crippen molar-refractivity contribution in [2.45, 2.75) is 6.42 Å². The summed E-state index contributed by atoms with van der Waals surface area (Å²) in [5.41, 5.74) is 1.81. The number of hydrogen-bond acceptors (Lipinski definition) is 2. The minimum atomic E-state index is -0.124. The molecule has 1 N–H and O–H groups in total. The molecular formula is C17H14ClN3O. The standard InChI is InChI=1S/C17H14ClN3O/c18-14-6-4-5-13(11-14)12-17(22)19-16-9-10-21(20-16)15-7-2-1-3-8-15/h1-11H,12H2,(H,19,20,22). The highest BCUT2D eigenvalue weighted by Gasteiger charge is 2.07. The van der Waals surface area contributed by atoms with Gasteiger partial charge in [-0.2, -0.15) is 5.10 Å². The van der Waals surface area contributed by atoms with Gasteiger partial charge >= 0.3 is 0 Å². The van der Waals surface area contributed by atoms with Gasteiger partial charge in [-0.25, -0.2) is 4.68 Å². The molecule has 2 aromatic carbocycles. The minimum absolute atomic E-state index is 0.124. The van der Waals surface area contributed by atoms with Gasteiger partial charge in [-0.05, 0) is 29.8 Å². The van der Waals surface area contributed by atoms with Crippen molar-refractivity contribution in [2.75, 3.05) is 5.32 Å². The van der Waals surface area contributed by atoms with E-state index in [1.807, 2.05) is 48.7 Å². The molecule has 0 saturated heterocycles. The normalized spacial score (nSPS) is 10.4. The van der Waals surface area contributed by atoms with Crippen LogP contribution in [-0.4, -0.2) is 15.7 Å². The fourth-order valence-electron chi connectivity index (χ4n) is 2.13. The van der Waals surface area contributed by atoms with E-state index >= 15 is 0 Å². The molecule has 4 nitrogen and oxygen atoms in total. The second-order valence-electron chi connectivity index (χ2n) is 4.84. The molecular weight excluding hydrogens is 298 g/mol. The second-order valence-corrected chi connectivity index (χ2v) is 5.27. The SMILES string of the molecule is O=C(Cc1cccc(Cl)c1)Nc1ccn(-c2ccccc2)n1. The molecule has 110 valence electrons. The Labute approximate surface area is 133 Å². The molecule has 3 rings (SSSR count). The van der Waals surface area contributed by atoms with Crippen LogP contribution in [0.25, 0.3) is 5.69 Å². The third-order valence-electron chi connectivity index (χ3n) is 3.13. The number of amides is 1. The van der Waals surface area contributed by atoms with Gasteiger partial charge in [0.2, 0.25) is 5.91 Å². The molecule has 0 spiro atoms. The number of para-hydroxylation sites is 1. The van der Waals surface area contributed by atoms with E-state index in [0.717, 1.165) is 11.3 Å². The van der Waals surface area contributed by atoms with Gasteiger partial charge in [0.05, 0.1) is 12.1 Å². The van der Waals surface area contributed by atoms with Crippen molar-refractivity contribution in [2.24, 2.45) is 0 Å². The monoisotopic (exact) mass is 311 g/mol. The molecule has 0 bridgehead atoms. The van der Waals surface area contributed by atoms with Gasteiger partial charge in [-0.15, -0.1) is 0 Å². The molecule has 0 atom stereocenters. The number of nitrogens with one attached hydrogen (secondary N) is 1. The average Bonchev–Trinajstić information content (AvgIpc) is 2.96. The molecule has 0 fully saturated rings. The number of carbonyl (C=O) groups excluding carboxylic acids is 1. The molecule has 0 unspecified atom stereocenters. The number of benzene rings is 2. The highest BCUT2D eigenvalue weighted by atomic mass is 35.5. The summed E-state index contributed by atoms with van der Waals surface area (Å²) in [5.74, 6) is 0.399. The Morgan fingerprint density at radius 3 is 2.68 bits per heavy atom. The van der Waals surface area contributed by atoms with Crippen LogP contribution >= 0.6 is 11.6 Å². The predicted molar refractivity (Wildman–Crippen MR) is 87.3 cm³/mol. The Morgan fingerprint density at radius 2 is 1.91 bits per heavy atom. The maximum Gasteiger partial charge on any atom is 0.229 e. The smallest absolute Gasteiger partial charge is 0.229 e. The van der Waals surface area contributed by atoms with Crippen molar-refractivity contribution in [3.63, 3.8) is 0 Å². The highest BCUT2D eigenvalue weighted by Crippen LogP contribution is 2.13. The molecule has 1 heterocycles. The molecule has 1 amide bonds. The minimum Gasteiger partial charge on any atom is -0.309 e. The lowest BCUT2D eigenvalue weighted by atomic mass is 10.1. The zero-order valence-corrected chi connectivity index (χ0v) is 12.5. The van der Waals surface area contributed by atoms with E-state index in [0.29, 0.717) is 10.8 Å². The first-order valence-electron chi connectivity index (χ1n) is 6.86. The summed E-state index contributed by atoms with van der Waals surface area (Å²) in [6.45, 7) is 0. The Balaban J connectivity index is 1.66. The van der Waals surface area contributed by atoms with Gasteiger partial charge in [0, 0.05) is 17.3 Å². The number of carbonyl (C=O) groups is 1. The Kier molecular flexibility index (Phi) is 4.21. The summed E-state index contributed by atoms with van der Waals surface area (Å²) in [6.07, 6.45) is 2.07. The Hall–Kier alpha value is -2.59. The molecule has 0 aliphatic rings. The van der Waals surface area contributed by atoms with Crippen molar-refractivity contribution in [3.05, 3.63) is 77.4 Å². The van der Waals surface area contributed by atoms with E-state index < -0.39 is 0 Å². The van der Waals surface area contributed by atoms with E-state index in [1.54, 1.807) is 22.9 Å². The van der Waals surface area contributed by atoms with E-state index in [9.17, 15) is 4.79 Å². The maximum absolute atomic E-state index is 12.0. The summed E-state index contributed by atoms with van der Waals surface area (Å²) in [7, 11) is 0. The fraction of sp³-hybridized carbons (Fsp3) is 0.0588. The summed E-state index contributed by atoms with van der Waals surface area (Å²) >= 11 is 5.91. The molecule has 0 radical (unpaired) electrons. The van der Waals surface area contributed by atoms with Crippen molar-refractivity contribution in [1.82, 2.24) is 9.78 Å². The van der Waals surface area contributed by atoms with Crippen molar-refractivity contribution >= 4 is 23.3 Å². The molecule has 22 heavy (non-hydrogen) atoms. The van der Waals surface area contributed by atoms with Crippen LogP contribution in [0.1, 0.15) is 5.56 Å². The number of anilines is 1. The van der Waals surface area contributed by atoms with Gasteiger partial charge < -0.3 is 5.32 Å². The quantitative estimate of drug-likeness (QED) is 0.798. The first kappa shape index (κ1) is 14.4. The van der Waals surface area contributed by atoms with Crippen molar-refractivity contribution in [3.8, 4) is 5.69 Å². The average molecular weight is 312 g/mol. The topological polar surface area (TPSA) is 46.9 Å². The van der Waals surface area contributed by atoms with E-state index in [-0.39, 0.29) is 12.3 Å². The van der Waals surface area contributed by atoms with Crippen molar-refractivity contribution < 1.29 is 4.79 Å². The molecule has 0 aliphatic heterocycles. The number of halogens is 1. The van der Waals surface area contributed by atoms with Crippen LogP contribution in [0.4, 0.5) is 5.82 Å². The summed E-state index contributed by atoms with van der Waals surface area (Å²) < 4.78 is 1.72. The molecule has 0 saturated carbocycles. The van der Waals surface area contributed by atoms with Crippen LogP contribution in [0.15, 0.2) is 66.9 Å². The Bertz CT molecular complexity index is 783. The van der Waals surface area contributed by atoms with Crippen molar-refractivity contribution in [1.29, 1.82) is 0 Å². The fourth-order valence-corrected chi connectivity index (χ4v) is 2.35. The summed E-state index contributed by atoms with van der Waals surface area (Å²) in [4.78, 5) is 12.0. The summed E-state index contributed by atoms with van der Waals surface area (Å²) in [6, 6.07) is 18.7. The zero-order chi connectivity index (χ0) is 15.4. The van der Waals surface area contributed by atoms with E-state index in [4.69, 9.17) is 11.6 Å². The largest absolute Gasteiger partial charge is 0.309 e. The molecule has 5 heteroatoms. The zero-order valence-electron chi connectivity index (χ0n) is 11.7. The third-order valence-corrected chi connectivity index (χ3v) is 3.37. The number of hydrogen-bond donors (Lipinski definition) is 1. The summed E-state index contributed by atoms with van der Waals surface area (Å²) in [5, 5.41) is 7.75. The lowest BCUT2D eigenvalue weighted by Gasteiger charge is -2.03. The second kappa shape index (κ2) is 6.45. The number of aromatic nitrogens is 2. The first-order valence-corrected chi connectivity index (χ1v) is 7.24. The van der Waals surface area contributed by atoms with Crippen LogP contribution in [0.5, 0.6) is 0 Å². The molecule has 3 aromatic rings. The van der Waals surface area contributed by atoms with Crippen LogP contribution in [0.2, 0.25) is 5.02 Å². The van der Waals surface area contributed by atoms with Crippen LogP contribution in [-0.2, 0) is 11.2 Å². The van der Waals surface area contributed by atoms with Crippen LogP contribution in [0.3, 0.4) is 0 Å². The van der Waals surface area contributed by atoms with Gasteiger partial charge in [0.25, 0.3) is 0 Å². The van der Waals surface area contributed by atoms with Crippen LogP contribution < -0.4 is 5.32 Å². The number of nitrogens with zero attached hydrogens (tertiary/aromatic N) is 2. The lowest BCUT2D eigenvalue weighted by Crippen LogP contribution is -2.15.